The van der Waals surface area contributed by atoms with E-state index in [0.29, 0.717) is 30.0 Å². The molecule has 0 spiro atoms. The van der Waals surface area contributed by atoms with Gasteiger partial charge in [-0.05, 0) is 37.6 Å². The van der Waals surface area contributed by atoms with Crippen LogP contribution in [0.4, 0.5) is 5.69 Å². The first-order valence-electron chi connectivity index (χ1n) is 9.08. The van der Waals surface area contributed by atoms with E-state index >= 15 is 0 Å². The van der Waals surface area contributed by atoms with E-state index in [9.17, 15) is 14.9 Å². The maximum absolute atomic E-state index is 12.4. The Kier molecular flexibility index (Phi) is 5.92. The predicted molar refractivity (Wildman–Crippen MR) is 108 cm³/mol. The van der Waals surface area contributed by atoms with Crippen LogP contribution >= 0.6 is 0 Å². The van der Waals surface area contributed by atoms with Crippen molar-refractivity contribution in [2.24, 2.45) is 0 Å². The molecule has 0 atom stereocenters. The van der Waals surface area contributed by atoms with Gasteiger partial charge in [-0.2, -0.15) is 5.10 Å². The fourth-order valence-electron chi connectivity index (χ4n) is 3.17. The predicted octanol–water partition coefficient (Wildman–Crippen LogP) is 3.40. The van der Waals surface area contributed by atoms with E-state index in [4.69, 9.17) is 4.74 Å². The lowest BCUT2D eigenvalue weighted by Gasteiger charge is -2.10. The Labute approximate surface area is 168 Å². The minimum Gasteiger partial charge on any atom is -0.496 e. The zero-order valence-corrected chi connectivity index (χ0v) is 16.5. The van der Waals surface area contributed by atoms with Gasteiger partial charge in [0.15, 0.2) is 0 Å². The fourth-order valence-corrected chi connectivity index (χ4v) is 3.17. The highest BCUT2D eigenvalue weighted by atomic mass is 16.6. The number of methoxy groups -OCH3 is 1. The third-order valence-electron chi connectivity index (χ3n) is 4.71. The lowest BCUT2D eigenvalue weighted by Crippen LogP contribution is -2.23. The van der Waals surface area contributed by atoms with Crippen molar-refractivity contribution in [1.29, 1.82) is 0 Å². The quantitative estimate of drug-likeness (QED) is 0.489. The van der Waals surface area contributed by atoms with Crippen LogP contribution in [0.15, 0.2) is 48.5 Å². The van der Waals surface area contributed by atoms with Crippen molar-refractivity contribution in [3.8, 4) is 5.75 Å². The molecule has 8 nitrogen and oxygen atoms in total. The van der Waals surface area contributed by atoms with E-state index in [2.05, 4.69) is 10.4 Å². The minimum atomic E-state index is -0.413. The number of aryl methyl sites for hydroxylation is 1. The summed E-state index contributed by atoms with van der Waals surface area (Å²) in [6, 6.07) is 14.6. The number of carbonyl (C=O) groups excluding carboxylic acids is 1. The molecule has 0 aliphatic carbocycles. The summed E-state index contributed by atoms with van der Waals surface area (Å²) in [5.41, 5.74) is 3.25. The number of aromatic nitrogens is 2. The van der Waals surface area contributed by atoms with Gasteiger partial charge in [0.25, 0.3) is 5.91 Å². The molecule has 0 fully saturated rings. The molecule has 8 heteroatoms. The highest BCUT2D eigenvalue weighted by Gasteiger charge is 2.21. The van der Waals surface area contributed by atoms with Crippen LogP contribution in [-0.4, -0.2) is 27.7 Å². The number of benzene rings is 2. The normalized spacial score (nSPS) is 10.6. The standard InChI is InChI=1S/C21H22N4O4/c1-14-20(25(27)28)15(2)24(23-14)13-16-8-10-17(11-9-16)21(26)22-12-18-6-4-5-7-19(18)29-3/h4-11H,12-13H2,1-3H3,(H,22,26). The van der Waals surface area contributed by atoms with Gasteiger partial charge in [0, 0.05) is 17.7 Å². The van der Waals surface area contributed by atoms with Crippen LogP contribution in [0.1, 0.15) is 32.9 Å². The Balaban J connectivity index is 1.66. The summed E-state index contributed by atoms with van der Waals surface area (Å²) in [5.74, 6) is 0.534. The second kappa shape index (κ2) is 8.55. The summed E-state index contributed by atoms with van der Waals surface area (Å²) >= 11 is 0. The molecule has 1 heterocycles. The number of hydrogen-bond donors (Lipinski definition) is 1. The van der Waals surface area contributed by atoms with Gasteiger partial charge in [0.2, 0.25) is 0 Å². The highest BCUT2D eigenvalue weighted by Crippen LogP contribution is 2.22. The number of amides is 1. The van der Waals surface area contributed by atoms with Gasteiger partial charge in [0.05, 0.1) is 18.6 Å². The molecule has 1 aromatic heterocycles. The molecule has 3 aromatic rings. The Bertz CT molecular complexity index is 1040. The van der Waals surface area contributed by atoms with Crippen molar-refractivity contribution < 1.29 is 14.5 Å². The van der Waals surface area contributed by atoms with Crippen LogP contribution in [0.5, 0.6) is 5.75 Å². The average Bonchev–Trinajstić information content (AvgIpc) is 3.00. The molecular formula is C21H22N4O4. The molecule has 0 bridgehead atoms. The van der Waals surface area contributed by atoms with E-state index in [-0.39, 0.29) is 11.6 Å². The topological polar surface area (TPSA) is 99.3 Å². The van der Waals surface area contributed by atoms with E-state index in [1.807, 2.05) is 36.4 Å². The molecule has 3 rings (SSSR count). The Hall–Kier alpha value is -3.68. The summed E-state index contributed by atoms with van der Waals surface area (Å²) in [7, 11) is 1.59. The summed E-state index contributed by atoms with van der Waals surface area (Å²) < 4.78 is 6.89. The largest absolute Gasteiger partial charge is 0.496 e. The van der Waals surface area contributed by atoms with Crippen molar-refractivity contribution in [2.75, 3.05) is 7.11 Å². The molecule has 29 heavy (non-hydrogen) atoms. The number of nitro groups is 1. The number of ether oxygens (including phenoxy) is 1. The molecule has 150 valence electrons. The number of nitrogens with one attached hydrogen (secondary N) is 1. The fraction of sp³-hybridized carbons (Fsp3) is 0.238. The van der Waals surface area contributed by atoms with Gasteiger partial charge in [-0.15, -0.1) is 0 Å². The van der Waals surface area contributed by atoms with Crippen LogP contribution in [0.25, 0.3) is 0 Å². The first-order valence-corrected chi connectivity index (χ1v) is 9.08. The third-order valence-corrected chi connectivity index (χ3v) is 4.71. The summed E-state index contributed by atoms with van der Waals surface area (Å²) in [6.45, 7) is 4.05. The van der Waals surface area contributed by atoms with Gasteiger partial charge in [0.1, 0.15) is 17.1 Å². The summed E-state index contributed by atoms with van der Waals surface area (Å²) in [4.78, 5) is 23.1. The summed E-state index contributed by atoms with van der Waals surface area (Å²) in [5, 5.41) is 18.3. The second-order valence-electron chi connectivity index (χ2n) is 6.63. The Morgan fingerprint density at radius 1 is 1.17 bits per heavy atom. The molecule has 1 amide bonds. The molecule has 0 aliphatic rings. The molecular weight excluding hydrogens is 372 g/mol. The van der Waals surface area contributed by atoms with Crippen LogP contribution < -0.4 is 10.1 Å². The molecule has 0 unspecified atom stereocenters. The van der Waals surface area contributed by atoms with Crippen molar-refractivity contribution in [2.45, 2.75) is 26.9 Å². The highest BCUT2D eigenvalue weighted by molar-refractivity contribution is 5.94. The van der Waals surface area contributed by atoms with Crippen molar-refractivity contribution >= 4 is 11.6 Å². The number of hydrogen-bond acceptors (Lipinski definition) is 5. The zero-order chi connectivity index (χ0) is 21.0. The van der Waals surface area contributed by atoms with Crippen LogP contribution in [-0.2, 0) is 13.1 Å². The van der Waals surface area contributed by atoms with Gasteiger partial charge in [-0.3, -0.25) is 19.6 Å². The first kappa shape index (κ1) is 20.1. The van der Waals surface area contributed by atoms with E-state index in [0.717, 1.165) is 16.9 Å². The SMILES string of the molecule is COc1ccccc1CNC(=O)c1ccc(Cn2nc(C)c([N+](=O)[O-])c2C)cc1. The average molecular weight is 394 g/mol. The number of nitrogens with zero attached hydrogens (tertiary/aromatic N) is 3. The number of rotatable bonds is 7. The minimum absolute atomic E-state index is 0.0392. The number of para-hydroxylation sites is 1. The van der Waals surface area contributed by atoms with Crippen LogP contribution in [0.3, 0.4) is 0 Å². The summed E-state index contributed by atoms with van der Waals surface area (Å²) in [6.07, 6.45) is 0. The maximum Gasteiger partial charge on any atom is 0.312 e. The molecule has 0 saturated carbocycles. The zero-order valence-electron chi connectivity index (χ0n) is 16.5. The van der Waals surface area contributed by atoms with Gasteiger partial charge in [-0.1, -0.05) is 30.3 Å². The molecule has 2 aromatic carbocycles. The second-order valence-corrected chi connectivity index (χ2v) is 6.63. The van der Waals surface area contributed by atoms with E-state index in [1.54, 1.807) is 37.8 Å². The van der Waals surface area contributed by atoms with Crippen molar-refractivity contribution in [3.05, 3.63) is 86.7 Å². The van der Waals surface area contributed by atoms with Crippen LogP contribution in [0, 0.1) is 24.0 Å². The molecule has 0 radical (unpaired) electrons. The van der Waals surface area contributed by atoms with Gasteiger partial charge < -0.3 is 10.1 Å². The third kappa shape index (κ3) is 4.43. The van der Waals surface area contributed by atoms with E-state index < -0.39 is 4.92 Å². The molecule has 0 aliphatic heterocycles. The molecule has 0 saturated heterocycles. The first-order chi connectivity index (χ1) is 13.9. The lowest BCUT2D eigenvalue weighted by atomic mass is 10.1. The van der Waals surface area contributed by atoms with Crippen molar-refractivity contribution in [3.63, 3.8) is 0 Å². The monoisotopic (exact) mass is 394 g/mol. The molecule has 1 N–H and O–H groups in total. The van der Waals surface area contributed by atoms with Gasteiger partial charge >= 0.3 is 5.69 Å². The van der Waals surface area contributed by atoms with Gasteiger partial charge in [-0.25, -0.2) is 0 Å². The smallest absolute Gasteiger partial charge is 0.312 e. The van der Waals surface area contributed by atoms with Crippen molar-refractivity contribution in [1.82, 2.24) is 15.1 Å². The maximum atomic E-state index is 12.4. The Morgan fingerprint density at radius 2 is 1.86 bits per heavy atom. The number of carbonyl (C=O) groups is 1. The van der Waals surface area contributed by atoms with Crippen LogP contribution in [0.2, 0.25) is 0 Å². The lowest BCUT2D eigenvalue weighted by molar-refractivity contribution is -0.386. The Morgan fingerprint density at radius 3 is 2.48 bits per heavy atom. The van der Waals surface area contributed by atoms with E-state index in [1.165, 1.54) is 0 Å².